The molecule has 3 rings (SSSR count). The number of benzene rings is 2. The maximum atomic E-state index is 13.0. The van der Waals surface area contributed by atoms with Gasteiger partial charge < -0.3 is 14.7 Å². The summed E-state index contributed by atoms with van der Waals surface area (Å²) in [7, 11) is 3.92. The fourth-order valence-corrected chi connectivity index (χ4v) is 4.12. The van der Waals surface area contributed by atoms with E-state index >= 15 is 0 Å². The highest BCUT2D eigenvalue weighted by Crippen LogP contribution is 2.18. The minimum atomic E-state index is -0.146. The highest BCUT2D eigenvalue weighted by Gasteiger charge is 2.22. The Labute approximate surface area is 206 Å². The van der Waals surface area contributed by atoms with E-state index in [1.165, 1.54) is 5.56 Å². The summed E-state index contributed by atoms with van der Waals surface area (Å²) in [6.45, 7) is 5.38. The second-order valence-corrected chi connectivity index (χ2v) is 9.24. The van der Waals surface area contributed by atoms with Crippen LogP contribution in [-0.4, -0.2) is 92.3 Å². The van der Waals surface area contributed by atoms with Gasteiger partial charge in [0.15, 0.2) is 0 Å². The summed E-state index contributed by atoms with van der Waals surface area (Å²) in [6.07, 6.45) is 0.970. The minimum Gasteiger partial charge on any atom is -0.336 e. The van der Waals surface area contributed by atoms with Crippen LogP contribution >= 0.6 is 23.2 Å². The zero-order valence-electron chi connectivity index (χ0n) is 19.3. The van der Waals surface area contributed by atoms with E-state index in [1.54, 1.807) is 17.0 Å². The molecule has 0 spiro atoms. The number of hydrogen-bond acceptors (Lipinski definition) is 4. The van der Waals surface area contributed by atoms with Crippen molar-refractivity contribution in [1.29, 1.82) is 0 Å². The number of likely N-dealkylation sites (N-methyl/N-ethyl adjacent to an activating group) is 1. The topological polar surface area (TPSA) is 47.1 Å². The third-order valence-corrected chi connectivity index (χ3v) is 6.38. The Bertz CT molecular complexity index is 911. The first-order valence-electron chi connectivity index (χ1n) is 11.2. The van der Waals surface area contributed by atoms with E-state index in [0.717, 1.165) is 43.3 Å². The maximum Gasteiger partial charge on any atom is 0.253 e. The fourth-order valence-electron chi connectivity index (χ4n) is 3.85. The number of anilines is 1. The van der Waals surface area contributed by atoms with Crippen LogP contribution in [0.3, 0.4) is 0 Å². The second kappa shape index (κ2) is 12.4. The Hall–Kier alpha value is -2.12. The van der Waals surface area contributed by atoms with Gasteiger partial charge in [0.1, 0.15) is 5.88 Å². The van der Waals surface area contributed by atoms with E-state index in [4.69, 9.17) is 23.2 Å². The molecule has 0 radical (unpaired) electrons. The van der Waals surface area contributed by atoms with Crippen molar-refractivity contribution < 1.29 is 9.59 Å². The molecule has 0 aromatic heterocycles. The summed E-state index contributed by atoms with van der Waals surface area (Å²) in [5.41, 5.74) is 2.66. The lowest BCUT2D eigenvalue weighted by Crippen LogP contribution is -2.49. The predicted octanol–water partition coefficient (Wildman–Crippen LogP) is 3.47. The molecule has 1 aliphatic rings. The van der Waals surface area contributed by atoms with Gasteiger partial charge in [-0.25, -0.2) is 0 Å². The standard InChI is InChI=1S/C25H32Cl2N4O2/c1-28(2)13-18-31(24(32)19-26)23-9-5-21(6-10-23)25(33)30-16-14-29(15-17-30)12-11-20-3-7-22(27)8-4-20/h3-10H,11-19H2,1-2H3. The quantitative estimate of drug-likeness (QED) is 0.504. The van der Waals surface area contributed by atoms with Crippen molar-refractivity contribution in [3.05, 3.63) is 64.7 Å². The third kappa shape index (κ3) is 7.44. The Kier molecular flexibility index (Phi) is 9.56. The lowest BCUT2D eigenvalue weighted by Gasteiger charge is -2.35. The number of piperazine rings is 1. The van der Waals surface area contributed by atoms with Gasteiger partial charge >= 0.3 is 0 Å². The van der Waals surface area contributed by atoms with Gasteiger partial charge in [0.2, 0.25) is 5.91 Å². The molecule has 1 heterocycles. The lowest BCUT2D eigenvalue weighted by molar-refractivity contribution is -0.116. The SMILES string of the molecule is CN(C)CCN(C(=O)CCl)c1ccc(C(=O)N2CCN(CCc3ccc(Cl)cc3)CC2)cc1. The second-order valence-electron chi connectivity index (χ2n) is 8.54. The van der Waals surface area contributed by atoms with Crippen LogP contribution in [0.15, 0.2) is 48.5 Å². The molecule has 178 valence electrons. The van der Waals surface area contributed by atoms with Gasteiger partial charge in [-0.2, -0.15) is 0 Å². The number of amides is 2. The largest absolute Gasteiger partial charge is 0.336 e. The van der Waals surface area contributed by atoms with Gasteiger partial charge in [-0.3, -0.25) is 14.5 Å². The van der Waals surface area contributed by atoms with E-state index in [-0.39, 0.29) is 17.7 Å². The van der Waals surface area contributed by atoms with Crippen molar-refractivity contribution in [2.45, 2.75) is 6.42 Å². The molecule has 8 heteroatoms. The molecule has 1 saturated heterocycles. The van der Waals surface area contributed by atoms with Crippen molar-refractivity contribution in [2.24, 2.45) is 0 Å². The Morgan fingerprint density at radius 2 is 1.55 bits per heavy atom. The van der Waals surface area contributed by atoms with E-state index in [9.17, 15) is 9.59 Å². The Morgan fingerprint density at radius 1 is 0.909 bits per heavy atom. The van der Waals surface area contributed by atoms with Crippen molar-refractivity contribution >= 4 is 40.7 Å². The number of nitrogens with zero attached hydrogens (tertiary/aromatic N) is 4. The highest BCUT2D eigenvalue weighted by atomic mass is 35.5. The van der Waals surface area contributed by atoms with Crippen LogP contribution in [0.25, 0.3) is 0 Å². The van der Waals surface area contributed by atoms with Gasteiger partial charge in [-0.1, -0.05) is 23.7 Å². The molecule has 1 fully saturated rings. The van der Waals surface area contributed by atoms with Gasteiger partial charge in [0.05, 0.1) is 0 Å². The number of carbonyl (C=O) groups excluding carboxylic acids is 2. The van der Waals surface area contributed by atoms with Crippen LogP contribution < -0.4 is 4.90 Å². The van der Waals surface area contributed by atoms with Gasteiger partial charge in [-0.05, 0) is 62.5 Å². The van der Waals surface area contributed by atoms with Gasteiger partial charge in [0.25, 0.3) is 5.91 Å². The molecule has 0 atom stereocenters. The van der Waals surface area contributed by atoms with Crippen LogP contribution in [-0.2, 0) is 11.2 Å². The molecule has 2 amide bonds. The Morgan fingerprint density at radius 3 is 2.12 bits per heavy atom. The van der Waals surface area contributed by atoms with Gasteiger partial charge in [-0.15, -0.1) is 11.6 Å². The van der Waals surface area contributed by atoms with Gasteiger partial charge in [0, 0.05) is 62.1 Å². The summed E-state index contributed by atoms with van der Waals surface area (Å²) in [5, 5.41) is 0.755. The molecule has 0 aliphatic carbocycles. The first-order valence-corrected chi connectivity index (χ1v) is 12.2. The van der Waals surface area contributed by atoms with Crippen molar-refractivity contribution in [2.75, 3.05) is 70.7 Å². The van der Waals surface area contributed by atoms with Crippen LogP contribution in [0, 0.1) is 0 Å². The molecular formula is C25H32Cl2N4O2. The number of carbonyl (C=O) groups is 2. The van der Waals surface area contributed by atoms with Crippen molar-refractivity contribution in [3.63, 3.8) is 0 Å². The molecule has 0 unspecified atom stereocenters. The maximum absolute atomic E-state index is 13.0. The molecule has 33 heavy (non-hydrogen) atoms. The van der Waals surface area contributed by atoms with Crippen LogP contribution in [0.1, 0.15) is 15.9 Å². The van der Waals surface area contributed by atoms with E-state index < -0.39 is 0 Å². The Balaban J connectivity index is 1.52. The molecular weight excluding hydrogens is 459 g/mol. The summed E-state index contributed by atoms with van der Waals surface area (Å²) >= 11 is 11.7. The van der Waals surface area contributed by atoms with Crippen LogP contribution in [0.2, 0.25) is 5.02 Å². The summed E-state index contributed by atoms with van der Waals surface area (Å²) in [5.74, 6) is -0.189. The lowest BCUT2D eigenvalue weighted by atomic mass is 10.1. The first kappa shape index (κ1) is 25.5. The third-order valence-electron chi connectivity index (χ3n) is 5.90. The zero-order valence-corrected chi connectivity index (χ0v) is 20.9. The average Bonchev–Trinajstić information content (AvgIpc) is 2.83. The van der Waals surface area contributed by atoms with Crippen molar-refractivity contribution in [3.8, 4) is 0 Å². The highest BCUT2D eigenvalue weighted by molar-refractivity contribution is 6.30. The zero-order chi connectivity index (χ0) is 23.8. The molecule has 2 aromatic rings. The normalized spacial score (nSPS) is 14.5. The van der Waals surface area contributed by atoms with E-state index in [1.807, 2.05) is 48.2 Å². The molecule has 0 N–H and O–H groups in total. The molecule has 0 saturated carbocycles. The number of rotatable bonds is 9. The van der Waals surface area contributed by atoms with Crippen molar-refractivity contribution in [1.82, 2.24) is 14.7 Å². The number of alkyl halides is 1. The summed E-state index contributed by atoms with van der Waals surface area (Å²) < 4.78 is 0. The average molecular weight is 491 g/mol. The van der Waals surface area contributed by atoms with Crippen LogP contribution in [0.5, 0.6) is 0 Å². The number of halogens is 2. The molecule has 0 bridgehead atoms. The molecule has 2 aromatic carbocycles. The fraction of sp³-hybridized carbons (Fsp3) is 0.440. The van der Waals surface area contributed by atoms with E-state index in [2.05, 4.69) is 17.0 Å². The monoisotopic (exact) mass is 490 g/mol. The smallest absolute Gasteiger partial charge is 0.253 e. The molecule has 1 aliphatic heterocycles. The van der Waals surface area contributed by atoms with E-state index in [0.29, 0.717) is 25.2 Å². The predicted molar refractivity (Wildman–Crippen MR) is 136 cm³/mol. The summed E-state index contributed by atoms with van der Waals surface area (Å²) in [4.78, 5) is 33.2. The summed E-state index contributed by atoms with van der Waals surface area (Å²) in [6, 6.07) is 15.2. The van der Waals surface area contributed by atoms with Crippen LogP contribution in [0.4, 0.5) is 5.69 Å². The first-order chi connectivity index (χ1) is 15.9. The minimum absolute atomic E-state index is 0.0300. The number of hydrogen-bond donors (Lipinski definition) is 0. The molecule has 6 nitrogen and oxygen atoms in total.